The summed E-state index contributed by atoms with van der Waals surface area (Å²) in [5, 5.41) is 2.73. The number of nitrogens with two attached hydrogens (primary N) is 1. The Morgan fingerprint density at radius 1 is 1.62 bits per heavy atom. The highest BCUT2D eigenvalue weighted by atomic mass is 32.2. The lowest BCUT2D eigenvalue weighted by Crippen LogP contribution is -2.45. The molecule has 6 heteroatoms. The van der Waals surface area contributed by atoms with Crippen LogP contribution in [0.25, 0.3) is 0 Å². The van der Waals surface area contributed by atoms with Crippen molar-refractivity contribution in [2.45, 2.75) is 18.9 Å². The molecule has 1 rings (SSSR count). The van der Waals surface area contributed by atoms with Crippen LogP contribution in [0.3, 0.4) is 0 Å². The van der Waals surface area contributed by atoms with Crippen LogP contribution in [0.2, 0.25) is 0 Å². The van der Waals surface area contributed by atoms with Gasteiger partial charge in [0.1, 0.15) is 0 Å². The molecule has 0 aliphatic carbocycles. The first-order valence-corrected chi connectivity index (χ1v) is 6.84. The van der Waals surface area contributed by atoms with Gasteiger partial charge in [-0.25, -0.2) is 0 Å². The third-order valence-electron chi connectivity index (χ3n) is 2.57. The predicted molar refractivity (Wildman–Crippen MR) is 65.2 cm³/mol. The molecule has 1 heterocycles. The lowest BCUT2D eigenvalue weighted by molar-refractivity contribution is -0.132. The van der Waals surface area contributed by atoms with Crippen molar-refractivity contribution in [3.8, 4) is 0 Å². The molecule has 1 aliphatic heterocycles. The van der Waals surface area contributed by atoms with E-state index in [9.17, 15) is 9.59 Å². The maximum atomic E-state index is 11.9. The van der Waals surface area contributed by atoms with Crippen LogP contribution < -0.4 is 11.1 Å². The molecule has 0 bridgehead atoms. The SMILES string of the molecule is CSCC[C@@H](N)C(=O)N1CCNC(=O)CC1. The molecule has 0 aromatic heterocycles. The highest BCUT2D eigenvalue weighted by Crippen LogP contribution is 2.04. The molecule has 92 valence electrons. The second-order valence-electron chi connectivity index (χ2n) is 3.81. The maximum Gasteiger partial charge on any atom is 0.239 e. The van der Waals surface area contributed by atoms with Gasteiger partial charge in [0.15, 0.2) is 0 Å². The fourth-order valence-electron chi connectivity index (χ4n) is 1.59. The Bertz CT molecular complexity index is 260. The molecule has 1 fully saturated rings. The van der Waals surface area contributed by atoms with Crippen LogP contribution in [0.5, 0.6) is 0 Å². The van der Waals surface area contributed by atoms with Crippen LogP contribution in [-0.2, 0) is 9.59 Å². The summed E-state index contributed by atoms with van der Waals surface area (Å²) in [6, 6.07) is -0.430. The Hall–Kier alpha value is -0.750. The van der Waals surface area contributed by atoms with Crippen molar-refractivity contribution in [2.24, 2.45) is 5.73 Å². The summed E-state index contributed by atoms with van der Waals surface area (Å²) in [5.74, 6) is 0.858. The van der Waals surface area contributed by atoms with Crippen molar-refractivity contribution in [1.29, 1.82) is 0 Å². The first kappa shape index (κ1) is 13.3. The highest BCUT2D eigenvalue weighted by Gasteiger charge is 2.22. The van der Waals surface area contributed by atoms with E-state index in [1.54, 1.807) is 16.7 Å². The van der Waals surface area contributed by atoms with Crippen molar-refractivity contribution in [3.05, 3.63) is 0 Å². The van der Waals surface area contributed by atoms with E-state index in [1.807, 2.05) is 6.26 Å². The van der Waals surface area contributed by atoms with E-state index in [1.165, 1.54) is 0 Å². The minimum atomic E-state index is -0.430. The Labute approximate surface area is 100 Å². The number of carbonyl (C=O) groups is 2. The molecule has 1 atom stereocenters. The number of amides is 2. The van der Waals surface area contributed by atoms with Crippen molar-refractivity contribution in [1.82, 2.24) is 10.2 Å². The molecule has 16 heavy (non-hydrogen) atoms. The summed E-state index contributed by atoms with van der Waals surface area (Å²) >= 11 is 1.68. The van der Waals surface area contributed by atoms with Crippen LogP contribution in [0.1, 0.15) is 12.8 Å². The zero-order valence-electron chi connectivity index (χ0n) is 9.57. The summed E-state index contributed by atoms with van der Waals surface area (Å²) in [6.07, 6.45) is 3.06. The maximum absolute atomic E-state index is 11.9. The van der Waals surface area contributed by atoms with Crippen molar-refractivity contribution in [2.75, 3.05) is 31.6 Å². The van der Waals surface area contributed by atoms with E-state index < -0.39 is 6.04 Å². The zero-order valence-corrected chi connectivity index (χ0v) is 10.4. The van der Waals surface area contributed by atoms with Crippen LogP contribution >= 0.6 is 11.8 Å². The largest absolute Gasteiger partial charge is 0.354 e. The van der Waals surface area contributed by atoms with Gasteiger partial charge < -0.3 is 16.0 Å². The van der Waals surface area contributed by atoms with Crippen molar-refractivity contribution < 1.29 is 9.59 Å². The molecular weight excluding hydrogens is 226 g/mol. The second kappa shape index (κ2) is 6.75. The molecule has 0 spiro atoms. The smallest absolute Gasteiger partial charge is 0.239 e. The summed E-state index contributed by atoms with van der Waals surface area (Å²) in [5.41, 5.74) is 5.81. The number of hydrogen-bond donors (Lipinski definition) is 2. The lowest BCUT2D eigenvalue weighted by Gasteiger charge is -2.23. The molecule has 0 aromatic rings. The molecule has 0 radical (unpaired) electrons. The average molecular weight is 245 g/mol. The van der Waals surface area contributed by atoms with Gasteiger partial charge in [-0.1, -0.05) is 0 Å². The second-order valence-corrected chi connectivity index (χ2v) is 4.80. The predicted octanol–water partition coefficient (Wildman–Crippen LogP) is -0.585. The van der Waals surface area contributed by atoms with Crippen LogP contribution in [0, 0.1) is 0 Å². The highest BCUT2D eigenvalue weighted by molar-refractivity contribution is 7.98. The Kier molecular flexibility index (Phi) is 5.62. The van der Waals surface area contributed by atoms with E-state index in [0.717, 1.165) is 5.75 Å². The molecule has 5 nitrogen and oxygen atoms in total. The van der Waals surface area contributed by atoms with Gasteiger partial charge in [-0.05, 0) is 18.4 Å². The minimum Gasteiger partial charge on any atom is -0.354 e. The number of hydrogen-bond acceptors (Lipinski definition) is 4. The molecular formula is C10H19N3O2S. The normalized spacial score (nSPS) is 18.9. The fraction of sp³-hybridized carbons (Fsp3) is 0.800. The van der Waals surface area contributed by atoms with Gasteiger partial charge in [0.05, 0.1) is 6.04 Å². The first-order chi connectivity index (χ1) is 7.65. The van der Waals surface area contributed by atoms with E-state index in [-0.39, 0.29) is 11.8 Å². The van der Waals surface area contributed by atoms with Gasteiger partial charge in [0, 0.05) is 26.1 Å². The minimum absolute atomic E-state index is 0.00739. The monoisotopic (exact) mass is 245 g/mol. The average Bonchev–Trinajstić information content (AvgIpc) is 2.50. The molecule has 2 amide bonds. The van der Waals surface area contributed by atoms with Gasteiger partial charge in [0.25, 0.3) is 0 Å². The molecule has 3 N–H and O–H groups in total. The number of carbonyl (C=O) groups excluding carboxylic acids is 2. The van der Waals surface area contributed by atoms with Gasteiger partial charge in [0.2, 0.25) is 11.8 Å². The van der Waals surface area contributed by atoms with Crippen LogP contribution in [-0.4, -0.2) is 54.4 Å². The quantitative estimate of drug-likeness (QED) is 0.694. The Morgan fingerprint density at radius 3 is 3.06 bits per heavy atom. The first-order valence-electron chi connectivity index (χ1n) is 5.45. The summed E-state index contributed by atoms with van der Waals surface area (Å²) in [7, 11) is 0. The summed E-state index contributed by atoms with van der Waals surface area (Å²) in [4.78, 5) is 24.7. The molecule has 0 aromatic carbocycles. The van der Waals surface area contributed by atoms with E-state index >= 15 is 0 Å². The van der Waals surface area contributed by atoms with E-state index in [0.29, 0.717) is 32.5 Å². The third kappa shape index (κ3) is 4.02. The van der Waals surface area contributed by atoms with Crippen LogP contribution in [0.4, 0.5) is 0 Å². The number of rotatable bonds is 4. The van der Waals surface area contributed by atoms with Crippen LogP contribution in [0.15, 0.2) is 0 Å². The fourth-order valence-corrected chi connectivity index (χ4v) is 2.08. The van der Waals surface area contributed by atoms with E-state index in [2.05, 4.69) is 5.32 Å². The molecule has 1 aliphatic rings. The van der Waals surface area contributed by atoms with Gasteiger partial charge in [-0.2, -0.15) is 11.8 Å². The zero-order chi connectivity index (χ0) is 12.0. The van der Waals surface area contributed by atoms with Gasteiger partial charge in [-0.15, -0.1) is 0 Å². The summed E-state index contributed by atoms with van der Waals surface area (Å²) in [6.45, 7) is 1.58. The number of thioether (sulfide) groups is 1. The molecule has 1 saturated heterocycles. The lowest BCUT2D eigenvalue weighted by atomic mass is 10.2. The van der Waals surface area contributed by atoms with E-state index in [4.69, 9.17) is 5.73 Å². The molecule has 0 saturated carbocycles. The van der Waals surface area contributed by atoms with Crippen molar-refractivity contribution >= 4 is 23.6 Å². The molecule has 0 unspecified atom stereocenters. The third-order valence-corrected chi connectivity index (χ3v) is 3.22. The topological polar surface area (TPSA) is 75.4 Å². The summed E-state index contributed by atoms with van der Waals surface area (Å²) < 4.78 is 0. The Balaban J connectivity index is 2.42. The number of nitrogens with one attached hydrogen (secondary N) is 1. The van der Waals surface area contributed by atoms with Gasteiger partial charge in [-0.3, -0.25) is 9.59 Å². The number of nitrogens with zero attached hydrogens (tertiary/aromatic N) is 1. The standard InChI is InChI=1S/C10H19N3O2S/c1-16-7-3-8(11)10(15)13-5-2-9(14)12-4-6-13/h8H,2-7,11H2,1H3,(H,12,14)/t8-/m1/s1. The van der Waals surface area contributed by atoms with Crippen molar-refractivity contribution in [3.63, 3.8) is 0 Å². The Morgan fingerprint density at radius 2 is 2.38 bits per heavy atom. The van der Waals surface area contributed by atoms with Gasteiger partial charge >= 0.3 is 0 Å².